The molecule has 0 rings (SSSR count). The van der Waals surface area contributed by atoms with Gasteiger partial charge in [0.05, 0.1) is 13.2 Å². The second-order valence-electron chi connectivity index (χ2n) is 3.48. The van der Waals surface area contributed by atoms with E-state index in [1.807, 2.05) is 0 Å². The van der Waals surface area contributed by atoms with E-state index in [1.54, 1.807) is 0 Å². The SMILES string of the molecule is C=CC(=O)OCCCCCCCOC(C)=O. The standard InChI is InChI=1S/C12H20O4/c1-3-12(14)16-10-8-6-4-5-7-9-15-11(2)13/h3H,1,4-10H2,2H3. The van der Waals surface area contributed by atoms with Gasteiger partial charge in [0.1, 0.15) is 0 Å². The van der Waals surface area contributed by atoms with Crippen LogP contribution in [0.5, 0.6) is 0 Å². The molecule has 0 bridgehead atoms. The molecule has 0 fully saturated rings. The van der Waals surface area contributed by atoms with Crippen molar-refractivity contribution in [2.45, 2.75) is 39.0 Å². The summed E-state index contributed by atoms with van der Waals surface area (Å²) in [4.78, 5) is 21.1. The van der Waals surface area contributed by atoms with Crippen LogP contribution in [0.1, 0.15) is 39.0 Å². The number of carbonyl (C=O) groups excluding carboxylic acids is 2. The summed E-state index contributed by atoms with van der Waals surface area (Å²) in [7, 11) is 0. The van der Waals surface area contributed by atoms with E-state index in [0.29, 0.717) is 13.2 Å². The Balaban J connectivity index is 3.07. The quantitative estimate of drug-likeness (QED) is 0.345. The molecule has 0 radical (unpaired) electrons. The highest BCUT2D eigenvalue weighted by molar-refractivity contribution is 5.81. The fourth-order valence-corrected chi connectivity index (χ4v) is 1.18. The lowest BCUT2D eigenvalue weighted by molar-refractivity contribution is -0.141. The molecule has 0 atom stereocenters. The van der Waals surface area contributed by atoms with Crippen LogP contribution in [0.25, 0.3) is 0 Å². The highest BCUT2D eigenvalue weighted by Crippen LogP contribution is 2.03. The Morgan fingerprint density at radius 3 is 2.00 bits per heavy atom. The normalized spacial score (nSPS) is 9.56. The summed E-state index contributed by atoms with van der Waals surface area (Å²) in [6.07, 6.45) is 6.04. The molecule has 0 amide bonds. The van der Waals surface area contributed by atoms with Gasteiger partial charge in [-0.1, -0.05) is 25.8 Å². The smallest absolute Gasteiger partial charge is 0.330 e. The molecule has 0 heterocycles. The maximum atomic E-state index is 10.7. The highest BCUT2D eigenvalue weighted by Gasteiger charge is 1.96. The van der Waals surface area contributed by atoms with Crippen LogP contribution in [-0.2, 0) is 19.1 Å². The van der Waals surface area contributed by atoms with E-state index in [9.17, 15) is 9.59 Å². The Hall–Kier alpha value is -1.32. The molecule has 0 aromatic heterocycles. The summed E-state index contributed by atoms with van der Waals surface area (Å²) in [5, 5.41) is 0. The zero-order chi connectivity index (χ0) is 12.2. The molecule has 4 heteroatoms. The molecule has 4 nitrogen and oxygen atoms in total. The lowest BCUT2D eigenvalue weighted by Crippen LogP contribution is -2.02. The van der Waals surface area contributed by atoms with Gasteiger partial charge in [0.15, 0.2) is 0 Å². The fourth-order valence-electron chi connectivity index (χ4n) is 1.18. The first kappa shape index (κ1) is 14.7. The van der Waals surface area contributed by atoms with Crippen molar-refractivity contribution in [3.63, 3.8) is 0 Å². The number of unbranched alkanes of at least 4 members (excludes halogenated alkanes) is 4. The van der Waals surface area contributed by atoms with Gasteiger partial charge in [-0.25, -0.2) is 4.79 Å². The molecule has 0 aliphatic heterocycles. The zero-order valence-electron chi connectivity index (χ0n) is 9.87. The van der Waals surface area contributed by atoms with Crippen LogP contribution in [0.2, 0.25) is 0 Å². The predicted octanol–water partition coefficient (Wildman–Crippen LogP) is 2.23. The minimum atomic E-state index is -0.366. The molecular formula is C12H20O4. The Morgan fingerprint density at radius 2 is 1.50 bits per heavy atom. The number of rotatable bonds is 9. The van der Waals surface area contributed by atoms with E-state index in [4.69, 9.17) is 9.47 Å². The van der Waals surface area contributed by atoms with Gasteiger partial charge in [0.2, 0.25) is 0 Å². The molecule has 92 valence electrons. The summed E-state index contributed by atoms with van der Waals surface area (Å²) in [6.45, 7) is 5.67. The summed E-state index contributed by atoms with van der Waals surface area (Å²) in [5.74, 6) is -0.591. The second-order valence-corrected chi connectivity index (χ2v) is 3.48. The van der Waals surface area contributed by atoms with Gasteiger partial charge in [-0.15, -0.1) is 0 Å². The molecule has 0 unspecified atom stereocenters. The Labute approximate surface area is 96.6 Å². The predicted molar refractivity (Wildman–Crippen MR) is 60.9 cm³/mol. The van der Waals surface area contributed by atoms with Crippen LogP contribution < -0.4 is 0 Å². The third-order valence-corrected chi connectivity index (χ3v) is 2.00. The van der Waals surface area contributed by atoms with Crippen molar-refractivity contribution in [2.24, 2.45) is 0 Å². The van der Waals surface area contributed by atoms with E-state index in [0.717, 1.165) is 32.1 Å². The first-order chi connectivity index (χ1) is 7.66. The summed E-state index contributed by atoms with van der Waals surface area (Å²) >= 11 is 0. The highest BCUT2D eigenvalue weighted by atomic mass is 16.5. The summed E-state index contributed by atoms with van der Waals surface area (Å²) in [5.41, 5.74) is 0. The van der Waals surface area contributed by atoms with E-state index in [2.05, 4.69) is 6.58 Å². The molecule has 0 N–H and O–H groups in total. The maximum absolute atomic E-state index is 10.7. The van der Waals surface area contributed by atoms with Crippen molar-refractivity contribution in [1.82, 2.24) is 0 Å². The minimum Gasteiger partial charge on any atom is -0.466 e. The van der Waals surface area contributed by atoms with Crippen LogP contribution in [0.4, 0.5) is 0 Å². The van der Waals surface area contributed by atoms with Gasteiger partial charge in [0.25, 0.3) is 0 Å². The largest absolute Gasteiger partial charge is 0.466 e. The molecule has 0 aliphatic carbocycles. The summed E-state index contributed by atoms with van der Waals surface area (Å²) < 4.78 is 9.62. The fraction of sp³-hybridized carbons (Fsp3) is 0.667. The number of ether oxygens (including phenoxy) is 2. The molecule has 0 spiro atoms. The van der Waals surface area contributed by atoms with Crippen molar-refractivity contribution in [1.29, 1.82) is 0 Å². The second kappa shape index (κ2) is 10.2. The van der Waals surface area contributed by atoms with Crippen molar-refractivity contribution in [2.75, 3.05) is 13.2 Å². The van der Waals surface area contributed by atoms with E-state index in [1.165, 1.54) is 13.0 Å². The number of carbonyl (C=O) groups is 2. The first-order valence-electron chi connectivity index (χ1n) is 5.59. The molecular weight excluding hydrogens is 208 g/mol. The maximum Gasteiger partial charge on any atom is 0.330 e. The first-order valence-corrected chi connectivity index (χ1v) is 5.59. The van der Waals surface area contributed by atoms with Gasteiger partial charge >= 0.3 is 11.9 Å². The molecule has 16 heavy (non-hydrogen) atoms. The van der Waals surface area contributed by atoms with Crippen LogP contribution in [0.3, 0.4) is 0 Å². The van der Waals surface area contributed by atoms with Gasteiger partial charge in [-0.3, -0.25) is 4.79 Å². The molecule has 0 aliphatic rings. The number of hydrogen-bond donors (Lipinski definition) is 0. The Morgan fingerprint density at radius 1 is 1.00 bits per heavy atom. The third kappa shape index (κ3) is 10.8. The van der Waals surface area contributed by atoms with E-state index >= 15 is 0 Å². The molecule has 0 aromatic rings. The monoisotopic (exact) mass is 228 g/mol. The molecule has 0 aromatic carbocycles. The molecule has 0 saturated heterocycles. The van der Waals surface area contributed by atoms with Gasteiger partial charge in [-0.2, -0.15) is 0 Å². The van der Waals surface area contributed by atoms with Crippen LogP contribution >= 0.6 is 0 Å². The van der Waals surface area contributed by atoms with Crippen LogP contribution in [0, 0.1) is 0 Å². The average Bonchev–Trinajstić information content (AvgIpc) is 2.26. The van der Waals surface area contributed by atoms with Gasteiger partial charge in [-0.05, 0) is 12.8 Å². The zero-order valence-corrected chi connectivity index (χ0v) is 9.87. The number of esters is 2. The lowest BCUT2D eigenvalue weighted by Gasteiger charge is -2.03. The van der Waals surface area contributed by atoms with Gasteiger partial charge < -0.3 is 9.47 Å². The van der Waals surface area contributed by atoms with Gasteiger partial charge in [0, 0.05) is 13.0 Å². The molecule has 0 saturated carbocycles. The van der Waals surface area contributed by atoms with Crippen molar-refractivity contribution in [3.05, 3.63) is 12.7 Å². The van der Waals surface area contributed by atoms with Crippen LogP contribution in [-0.4, -0.2) is 25.2 Å². The topological polar surface area (TPSA) is 52.6 Å². The van der Waals surface area contributed by atoms with E-state index < -0.39 is 0 Å². The third-order valence-electron chi connectivity index (χ3n) is 2.00. The Bertz CT molecular complexity index is 223. The van der Waals surface area contributed by atoms with Crippen molar-refractivity contribution >= 4 is 11.9 Å². The number of hydrogen-bond acceptors (Lipinski definition) is 4. The van der Waals surface area contributed by atoms with E-state index in [-0.39, 0.29) is 11.9 Å². The van der Waals surface area contributed by atoms with Crippen LogP contribution in [0.15, 0.2) is 12.7 Å². The summed E-state index contributed by atoms with van der Waals surface area (Å²) in [6, 6.07) is 0. The van der Waals surface area contributed by atoms with Crippen molar-refractivity contribution in [3.8, 4) is 0 Å². The average molecular weight is 228 g/mol. The lowest BCUT2D eigenvalue weighted by atomic mass is 10.1. The van der Waals surface area contributed by atoms with Crippen molar-refractivity contribution < 1.29 is 19.1 Å². The Kier molecular flexibility index (Phi) is 9.36. The minimum absolute atomic E-state index is 0.226.